The molecular weight excluding hydrogens is 291 g/mol. The summed E-state index contributed by atoms with van der Waals surface area (Å²) < 4.78 is 0. The van der Waals surface area contributed by atoms with Gasteiger partial charge in [-0.1, -0.05) is 34.8 Å². The maximum Gasteiger partial charge on any atom is 0.136 e. The third-order valence-corrected chi connectivity index (χ3v) is 3.26. The molecule has 0 radical (unpaired) electrons. The van der Waals surface area contributed by atoms with Crippen molar-refractivity contribution >= 4 is 34.8 Å². The Balaban J connectivity index is 2.59. The Morgan fingerprint density at radius 3 is 2.61 bits per heavy atom. The van der Waals surface area contributed by atoms with Crippen LogP contribution in [-0.4, -0.2) is 4.98 Å². The van der Waals surface area contributed by atoms with Crippen LogP contribution in [0.25, 0.3) is 11.1 Å². The van der Waals surface area contributed by atoms with Gasteiger partial charge < -0.3 is 0 Å². The van der Waals surface area contributed by atoms with Crippen LogP contribution < -0.4 is 0 Å². The molecule has 1 aromatic carbocycles. The molecule has 0 aliphatic heterocycles. The first-order valence-electron chi connectivity index (χ1n) is 5.08. The molecule has 0 saturated carbocycles. The van der Waals surface area contributed by atoms with Crippen molar-refractivity contribution in [1.82, 2.24) is 4.98 Å². The van der Waals surface area contributed by atoms with Crippen LogP contribution in [0.2, 0.25) is 15.2 Å². The van der Waals surface area contributed by atoms with Gasteiger partial charge in [0.1, 0.15) is 5.15 Å². The summed E-state index contributed by atoms with van der Waals surface area (Å²) in [5, 5.41) is 10.1. The second-order valence-corrected chi connectivity index (χ2v) is 4.84. The van der Waals surface area contributed by atoms with Crippen LogP contribution in [0.5, 0.6) is 0 Å². The summed E-state index contributed by atoms with van der Waals surface area (Å²) in [4.78, 5) is 4.06. The van der Waals surface area contributed by atoms with E-state index in [0.29, 0.717) is 26.3 Å². The van der Waals surface area contributed by atoms with E-state index >= 15 is 0 Å². The van der Waals surface area contributed by atoms with Gasteiger partial charge in [-0.2, -0.15) is 5.26 Å². The van der Waals surface area contributed by atoms with Crippen molar-refractivity contribution in [3.8, 4) is 17.2 Å². The van der Waals surface area contributed by atoms with Gasteiger partial charge in [-0.15, -0.1) is 0 Å². The minimum absolute atomic E-state index is 0.273. The third kappa shape index (κ3) is 2.76. The highest BCUT2D eigenvalue weighted by atomic mass is 35.5. The second-order valence-electron chi connectivity index (χ2n) is 3.64. The van der Waals surface area contributed by atoms with E-state index in [1.165, 1.54) is 0 Å². The summed E-state index contributed by atoms with van der Waals surface area (Å²) in [6, 6.07) is 9.00. The monoisotopic (exact) mass is 296 g/mol. The molecular formula is C13H7Cl3N2. The first-order valence-corrected chi connectivity index (χ1v) is 6.22. The minimum atomic E-state index is 0.273. The predicted molar refractivity (Wildman–Crippen MR) is 74.0 cm³/mol. The van der Waals surface area contributed by atoms with Crippen molar-refractivity contribution < 1.29 is 0 Å². The van der Waals surface area contributed by atoms with E-state index in [1.807, 2.05) is 0 Å². The van der Waals surface area contributed by atoms with Crippen molar-refractivity contribution in [1.29, 1.82) is 5.26 Å². The molecule has 0 N–H and O–H groups in total. The van der Waals surface area contributed by atoms with Crippen LogP contribution in [0.3, 0.4) is 0 Å². The summed E-state index contributed by atoms with van der Waals surface area (Å²) in [7, 11) is 0. The van der Waals surface area contributed by atoms with E-state index in [9.17, 15) is 0 Å². The van der Waals surface area contributed by atoms with Gasteiger partial charge in [0.15, 0.2) is 0 Å². The topological polar surface area (TPSA) is 36.7 Å². The Morgan fingerprint density at radius 2 is 1.89 bits per heavy atom. The lowest BCUT2D eigenvalue weighted by Gasteiger charge is -2.08. The second kappa shape index (κ2) is 5.58. The Labute approximate surface area is 120 Å². The lowest BCUT2D eigenvalue weighted by atomic mass is 10.1. The quantitative estimate of drug-likeness (QED) is 0.748. The zero-order valence-electron chi connectivity index (χ0n) is 9.12. The van der Waals surface area contributed by atoms with Gasteiger partial charge in [0.2, 0.25) is 0 Å². The highest BCUT2D eigenvalue weighted by Gasteiger charge is 2.10. The average molecular weight is 298 g/mol. The van der Waals surface area contributed by atoms with E-state index in [1.54, 1.807) is 30.5 Å². The van der Waals surface area contributed by atoms with Crippen LogP contribution in [0.1, 0.15) is 5.56 Å². The van der Waals surface area contributed by atoms with Gasteiger partial charge in [0.25, 0.3) is 0 Å². The number of hydrogen-bond donors (Lipinski definition) is 0. The number of hydrogen-bond acceptors (Lipinski definition) is 2. The SMILES string of the molecule is N#CCc1cnc(Cl)c(-c2cc(Cl)ccc2Cl)c1. The van der Waals surface area contributed by atoms with Gasteiger partial charge in [-0.25, -0.2) is 4.98 Å². The first-order chi connectivity index (χ1) is 8.61. The molecule has 0 aliphatic carbocycles. The van der Waals surface area contributed by atoms with Gasteiger partial charge in [-0.05, 0) is 29.8 Å². The zero-order chi connectivity index (χ0) is 13.1. The molecule has 5 heteroatoms. The fraction of sp³-hybridized carbons (Fsp3) is 0.0769. The molecule has 2 aromatic rings. The molecule has 1 aromatic heterocycles. The Kier molecular flexibility index (Phi) is 4.08. The lowest BCUT2D eigenvalue weighted by molar-refractivity contribution is 1.19. The van der Waals surface area contributed by atoms with Crippen molar-refractivity contribution in [2.75, 3.05) is 0 Å². The molecule has 0 spiro atoms. The molecule has 90 valence electrons. The van der Waals surface area contributed by atoms with Crippen molar-refractivity contribution in [3.63, 3.8) is 0 Å². The van der Waals surface area contributed by atoms with Crippen LogP contribution >= 0.6 is 34.8 Å². The molecule has 0 fully saturated rings. The van der Waals surface area contributed by atoms with E-state index in [0.717, 1.165) is 5.56 Å². The normalized spacial score (nSPS) is 10.1. The molecule has 0 atom stereocenters. The van der Waals surface area contributed by atoms with E-state index in [-0.39, 0.29) is 6.42 Å². The maximum atomic E-state index is 8.69. The largest absolute Gasteiger partial charge is 0.244 e. The van der Waals surface area contributed by atoms with Crippen molar-refractivity contribution in [3.05, 3.63) is 51.2 Å². The molecule has 18 heavy (non-hydrogen) atoms. The fourth-order valence-corrected chi connectivity index (χ4v) is 2.17. The van der Waals surface area contributed by atoms with Gasteiger partial charge in [0, 0.05) is 27.4 Å². The smallest absolute Gasteiger partial charge is 0.136 e. The number of nitriles is 1. The number of pyridine rings is 1. The van der Waals surface area contributed by atoms with Crippen LogP contribution in [0, 0.1) is 11.3 Å². The maximum absolute atomic E-state index is 8.69. The minimum Gasteiger partial charge on any atom is -0.244 e. The average Bonchev–Trinajstić information content (AvgIpc) is 2.35. The summed E-state index contributed by atoms with van der Waals surface area (Å²) >= 11 is 18.1. The molecule has 0 aliphatic rings. The van der Waals surface area contributed by atoms with E-state index in [4.69, 9.17) is 40.1 Å². The van der Waals surface area contributed by atoms with Crippen molar-refractivity contribution in [2.24, 2.45) is 0 Å². The predicted octanol–water partition coefficient (Wildman–Crippen LogP) is 4.77. The van der Waals surface area contributed by atoms with Crippen molar-refractivity contribution in [2.45, 2.75) is 6.42 Å². The number of rotatable bonds is 2. The van der Waals surface area contributed by atoms with Gasteiger partial charge >= 0.3 is 0 Å². The standard InChI is InChI=1S/C13H7Cl3N2/c14-9-1-2-12(15)10(6-9)11-5-8(3-4-17)7-18-13(11)16/h1-2,5-7H,3H2. The number of nitrogens with zero attached hydrogens (tertiary/aromatic N) is 2. The summed E-state index contributed by atoms with van der Waals surface area (Å²) in [5.41, 5.74) is 2.17. The lowest BCUT2D eigenvalue weighted by Crippen LogP contribution is -1.90. The Hall–Kier alpha value is -1.27. The van der Waals surface area contributed by atoms with Gasteiger partial charge in [0.05, 0.1) is 12.5 Å². The van der Waals surface area contributed by atoms with E-state index in [2.05, 4.69) is 11.1 Å². The fourth-order valence-electron chi connectivity index (χ4n) is 1.57. The summed E-state index contributed by atoms with van der Waals surface area (Å²) in [6.07, 6.45) is 1.85. The molecule has 2 nitrogen and oxygen atoms in total. The highest BCUT2D eigenvalue weighted by molar-refractivity contribution is 6.37. The molecule has 0 saturated heterocycles. The Bertz CT molecular complexity index is 633. The number of benzene rings is 1. The van der Waals surface area contributed by atoms with Crippen LogP contribution in [-0.2, 0) is 6.42 Å². The number of halogens is 3. The van der Waals surface area contributed by atoms with E-state index < -0.39 is 0 Å². The van der Waals surface area contributed by atoms with Gasteiger partial charge in [-0.3, -0.25) is 0 Å². The number of aromatic nitrogens is 1. The first kappa shape index (κ1) is 13.2. The molecule has 2 rings (SSSR count). The van der Waals surface area contributed by atoms with Crippen LogP contribution in [0.15, 0.2) is 30.5 Å². The van der Waals surface area contributed by atoms with Crippen LogP contribution in [0.4, 0.5) is 0 Å². The molecule has 0 bridgehead atoms. The summed E-state index contributed by atoms with van der Waals surface area (Å²) in [5.74, 6) is 0. The molecule has 1 heterocycles. The third-order valence-electron chi connectivity index (χ3n) is 2.40. The molecule has 0 unspecified atom stereocenters. The summed E-state index contributed by atoms with van der Waals surface area (Å²) in [6.45, 7) is 0. The molecule has 0 amide bonds. The zero-order valence-corrected chi connectivity index (χ0v) is 11.4. The highest BCUT2D eigenvalue weighted by Crippen LogP contribution is 2.34. The Morgan fingerprint density at radius 1 is 1.11 bits per heavy atom.